The van der Waals surface area contributed by atoms with Gasteiger partial charge in [-0.1, -0.05) is 52.4 Å². The van der Waals surface area contributed by atoms with Crippen molar-refractivity contribution in [2.24, 2.45) is 5.92 Å². The van der Waals surface area contributed by atoms with Crippen LogP contribution >= 0.6 is 0 Å². The van der Waals surface area contributed by atoms with Crippen LogP contribution < -0.4 is 5.32 Å². The molecule has 120 valence electrons. The number of hydrogen-bond donors (Lipinski definition) is 1. The van der Waals surface area contributed by atoms with Crippen molar-refractivity contribution in [3.05, 3.63) is 18.0 Å². The van der Waals surface area contributed by atoms with E-state index in [0.29, 0.717) is 6.04 Å². The summed E-state index contributed by atoms with van der Waals surface area (Å²) in [7, 11) is 0. The van der Waals surface area contributed by atoms with Crippen LogP contribution in [0.25, 0.3) is 0 Å². The number of nitrogens with one attached hydrogen (secondary N) is 1. The van der Waals surface area contributed by atoms with Gasteiger partial charge in [-0.3, -0.25) is 4.68 Å². The zero-order valence-corrected chi connectivity index (χ0v) is 14.0. The monoisotopic (exact) mass is 291 g/mol. The fourth-order valence-electron chi connectivity index (χ4n) is 3.37. The number of hydrogen-bond acceptors (Lipinski definition) is 2. The van der Waals surface area contributed by atoms with Crippen molar-refractivity contribution >= 4 is 0 Å². The van der Waals surface area contributed by atoms with Gasteiger partial charge in [-0.2, -0.15) is 5.10 Å². The van der Waals surface area contributed by atoms with Crippen LogP contribution in [0, 0.1) is 5.92 Å². The Balaban J connectivity index is 1.72. The van der Waals surface area contributed by atoms with Crippen molar-refractivity contribution in [3.8, 4) is 0 Å². The van der Waals surface area contributed by atoms with Crippen LogP contribution in [0.5, 0.6) is 0 Å². The Labute approximate surface area is 130 Å². The number of unbranched alkanes of at least 4 members (excludes halogenated alkanes) is 1. The van der Waals surface area contributed by atoms with Crippen LogP contribution in [0.3, 0.4) is 0 Å². The normalized spacial score (nSPS) is 18.0. The summed E-state index contributed by atoms with van der Waals surface area (Å²) in [6.07, 6.45) is 14.2. The second-order valence-corrected chi connectivity index (χ2v) is 6.63. The molecule has 1 aromatic rings. The second kappa shape index (κ2) is 9.24. The van der Waals surface area contributed by atoms with Crippen molar-refractivity contribution in [2.45, 2.75) is 84.2 Å². The molecule has 0 amide bonds. The summed E-state index contributed by atoms with van der Waals surface area (Å²) in [5.74, 6) is 0.824. The van der Waals surface area contributed by atoms with Crippen molar-refractivity contribution in [3.63, 3.8) is 0 Å². The topological polar surface area (TPSA) is 29.9 Å². The third-order valence-corrected chi connectivity index (χ3v) is 4.89. The molecule has 0 saturated heterocycles. The molecule has 1 fully saturated rings. The summed E-state index contributed by atoms with van der Waals surface area (Å²) in [5, 5.41) is 8.37. The zero-order valence-electron chi connectivity index (χ0n) is 14.0. The molecule has 21 heavy (non-hydrogen) atoms. The Morgan fingerprint density at radius 1 is 1.29 bits per heavy atom. The van der Waals surface area contributed by atoms with E-state index < -0.39 is 0 Å². The van der Waals surface area contributed by atoms with Crippen LogP contribution in [0.4, 0.5) is 0 Å². The molecular formula is C18H33N3. The lowest BCUT2D eigenvalue weighted by atomic mass is 9.96. The van der Waals surface area contributed by atoms with E-state index in [4.69, 9.17) is 5.10 Å². The Hall–Kier alpha value is -0.830. The molecule has 1 aliphatic rings. The highest BCUT2D eigenvalue weighted by Crippen LogP contribution is 2.27. The lowest BCUT2D eigenvalue weighted by Crippen LogP contribution is -2.22. The first kappa shape index (κ1) is 16.5. The first-order valence-electron chi connectivity index (χ1n) is 9.08. The minimum atomic E-state index is 0.653. The smallest absolute Gasteiger partial charge is 0.0762 e. The maximum absolute atomic E-state index is 4.77. The van der Waals surface area contributed by atoms with Crippen LogP contribution in [-0.2, 0) is 6.54 Å². The molecule has 0 bridgehead atoms. The summed E-state index contributed by atoms with van der Waals surface area (Å²) < 4.78 is 2.21. The average molecular weight is 291 g/mol. The van der Waals surface area contributed by atoms with Crippen molar-refractivity contribution in [1.29, 1.82) is 0 Å². The quantitative estimate of drug-likeness (QED) is 0.715. The van der Waals surface area contributed by atoms with Gasteiger partial charge in [0.1, 0.15) is 0 Å². The van der Waals surface area contributed by atoms with Crippen LogP contribution in [-0.4, -0.2) is 16.3 Å². The molecule has 1 atom stereocenters. The highest BCUT2D eigenvalue weighted by atomic mass is 15.3. The van der Waals surface area contributed by atoms with E-state index in [1.54, 1.807) is 0 Å². The molecule has 0 aliphatic heterocycles. The van der Waals surface area contributed by atoms with E-state index in [2.05, 4.69) is 36.1 Å². The maximum atomic E-state index is 4.77. The molecule has 1 saturated carbocycles. The Morgan fingerprint density at radius 3 is 2.81 bits per heavy atom. The van der Waals surface area contributed by atoms with E-state index in [1.165, 1.54) is 63.5 Å². The van der Waals surface area contributed by atoms with Crippen LogP contribution in [0.15, 0.2) is 12.3 Å². The third-order valence-electron chi connectivity index (χ3n) is 4.89. The third kappa shape index (κ3) is 5.46. The highest BCUT2D eigenvalue weighted by Gasteiger charge is 2.15. The molecule has 1 N–H and O–H groups in total. The average Bonchev–Trinajstić information content (AvgIpc) is 3.00. The Bertz CT molecular complexity index is 380. The van der Waals surface area contributed by atoms with Gasteiger partial charge in [0.15, 0.2) is 0 Å². The van der Waals surface area contributed by atoms with E-state index in [1.807, 2.05) is 0 Å². The van der Waals surface area contributed by atoms with Gasteiger partial charge in [0.2, 0.25) is 0 Å². The van der Waals surface area contributed by atoms with Crippen LogP contribution in [0.2, 0.25) is 0 Å². The molecule has 1 unspecified atom stereocenters. The molecule has 1 heterocycles. The molecule has 3 nitrogen and oxygen atoms in total. The summed E-state index contributed by atoms with van der Waals surface area (Å²) in [5.41, 5.74) is 1.20. The molecule has 0 spiro atoms. The molecule has 2 rings (SSSR count). The minimum Gasteiger partial charge on any atom is -0.311 e. The van der Waals surface area contributed by atoms with E-state index >= 15 is 0 Å². The van der Waals surface area contributed by atoms with Gasteiger partial charge in [-0.15, -0.1) is 0 Å². The van der Waals surface area contributed by atoms with Crippen LogP contribution in [0.1, 0.15) is 83.4 Å². The molecule has 3 heteroatoms. The standard InChI is InChI=1S/C18H33N3/c1-3-5-9-16(4-2)14-19-15-17-12-13-21(20-17)18-10-7-6-8-11-18/h12-13,16,18-19H,3-11,14-15H2,1-2H3. The van der Waals surface area contributed by atoms with Gasteiger partial charge in [-0.25, -0.2) is 0 Å². The van der Waals surface area contributed by atoms with Gasteiger partial charge in [-0.05, 0) is 37.8 Å². The predicted octanol–water partition coefficient (Wildman–Crippen LogP) is 4.69. The molecular weight excluding hydrogens is 258 g/mol. The largest absolute Gasteiger partial charge is 0.311 e. The summed E-state index contributed by atoms with van der Waals surface area (Å²) in [4.78, 5) is 0. The van der Waals surface area contributed by atoms with Crippen molar-refractivity contribution in [2.75, 3.05) is 6.54 Å². The summed E-state index contributed by atoms with van der Waals surface area (Å²) in [6, 6.07) is 2.84. The molecule has 1 aliphatic carbocycles. The second-order valence-electron chi connectivity index (χ2n) is 6.63. The predicted molar refractivity (Wildman–Crippen MR) is 89.4 cm³/mol. The Morgan fingerprint density at radius 2 is 2.10 bits per heavy atom. The van der Waals surface area contributed by atoms with Gasteiger partial charge in [0.25, 0.3) is 0 Å². The minimum absolute atomic E-state index is 0.653. The first-order valence-corrected chi connectivity index (χ1v) is 9.08. The van der Waals surface area contributed by atoms with Crippen molar-refractivity contribution < 1.29 is 0 Å². The van der Waals surface area contributed by atoms with Gasteiger partial charge in [0, 0.05) is 12.7 Å². The van der Waals surface area contributed by atoms with E-state index in [-0.39, 0.29) is 0 Å². The van der Waals surface area contributed by atoms with Gasteiger partial charge in [0.05, 0.1) is 11.7 Å². The lowest BCUT2D eigenvalue weighted by molar-refractivity contribution is 0.327. The maximum Gasteiger partial charge on any atom is 0.0762 e. The SMILES string of the molecule is CCCCC(CC)CNCc1ccn(C2CCCCC2)n1. The van der Waals surface area contributed by atoms with Gasteiger partial charge < -0.3 is 5.32 Å². The first-order chi connectivity index (χ1) is 10.3. The van der Waals surface area contributed by atoms with E-state index in [9.17, 15) is 0 Å². The summed E-state index contributed by atoms with van der Waals surface area (Å²) >= 11 is 0. The van der Waals surface area contributed by atoms with Crippen molar-refractivity contribution in [1.82, 2.24) is 15.1 Å². The molecule has 1 aromatic heterocycles. The zero-order chi connectivity index (χ0) is 14.9. The van der Waals surface area contributed by atoms with Gasteiger partial charge >= 0.3 is 0 Å². The fraction of sp³-hybridized carbons (Fsp3) is 0.833. The number of aromatic nitrogens is 2. The summed E-state index contributed by atoms with van der Waals surface area (Å²) in [6.45, 7) is 6.63. The number of rotatable bonds is 9. The van der Waals surface area contributed by atoms with E-state index in [0.717, 1.165) is 19.0 Å². The fourth-order valence-corrected chi connectivity index (χ4v) is 3.37. The lowest BCUT2D eigenvalue weighted by Gasteiger charge is -2.21. The highest BCUT2D eigenvalue weighted by molar-refractivity contribution is 4.99. The Kier molecular flexibility index (Phi) is 7.28. The molecule has 0 radical (unpaired) electrons. The number of nitrogens with zero attached hydrogens (tertiary/aromatic N) is 2. The molecule has 0 aromatic carbocycles.